The molecular formula is C24H18Cl2N2O3. The zero-order chi connectivity index (χ0) is 22.0. The molecule has 0 bridgehead atoms. The van der Waals surface area contributed by atoms with Crippen LogP contribution in [0.15, 0.2) is 77.4 Å². The van der Waals surface area contributed by atoms with Crippen LogP contribution in [-0.4, -0.2) is 26.0 Å². The molecule has 0 atom stereocenters. The molecule has 0 fully saturated rings. The molecule has 7 heteroatoms. The normalized spacial score (nSPS) is 14.7. The van der Waals surface area contributed by atoms with Gasteiger partial charge < -0.3 is 9.47 Å². The van der Waals surface area contributed by atoms with Gasteiger partial charge in [0.25, 0.3) is 5.91 Å². The quantitative estimate of drug-likeness (QED) is 0.456. The summed E-state index contributed by atoms with van der Waals surface area (Å²) in [5, 5.41) is 0.962. The van der Waals surface area contributed by atoms with E-state index in [1.807, 2.05) is 36.4 Å². The summed E-state index contributed by atoms with van der Waals surface area (Å²) >= 11 is 12.3. The minimum atomic E-state index is -0.262. The van der Waals surface area contributed by atoms with Crippen molar-refractivity contribution in [3.05, 3.63) is 93.6 Å². The molecule has 31 heavy (non-hydrogen) atoms. The molecule has 1 aliphatic rings. The summed E-state index contributed by atoms with van der Waals surface area (Å²) in [6, 6.07) is 19.7. The standard InChI is InChI=1S/C24H18Cl2N2O3/c1-30-19-9-4-15(5-10-19)23-27-22(13-16-3-6-17(25)14-21(16)26)24(29)28(23)18-7-11-20(31-2)12-8-18/h3-14H,1-2H3/b22-13+. The van der Waals surface area contributed by atoms with Crippen LogP contribution in [0.5, 0.6) is 11.5 Å². The summed E-state index contributed by atoms with van der Waals surface area (Å²) in [5.41, 5.74) is 2.37. The Morgan fingerprint density at radius 1 is 0.871 bits per heavy atom. The lowest BCUT2D eigenvalue weighted by Crippen LogP contribution is -2.32. The highest BCUT2D eigenvalue weighted by Gasteiger charge is 2.32. The maximum Gasteiger partial charge on any atom is 0.282 e. The molecular weight excluding hydrogens is 435 g/mol. The van der Waals surface area contributed by atoms with E-state index < -0.39 is 0 Å². The lowest BCUT2D eigenvalue weighted by atomic mass is 10.1. The van der Waals surface area contributed by atoms with Crippen molar-refractivity contribution in [3.63, 3.8) is 0 Å². The number of halogens is 2. The smallest absolute Gasteiger partial charge is 0.282 e. The Kier molecular flexibility index (Phi) is 5.98. The highest BCUT2D eigenvalue weighted by Crippen LogP contribution is 2.31. The van der Waals surface area contributed by atoms with Crippen molar-refractivity contribution >= 4 is 46.7 Å². The summed E-state index contributed by atoms with van der Waals surface area (Å²) in [6.07, 6.45) is 1.66. The number of amides is 1. The third-order valence-corrected chi connectivity index (χ3v) is 5.36. The van der Waals surface area contributed by atoms with Crippen molar-refractivity contribution in [2.24, 2.45) is 4.99 Å². The fourth-order valence-corrected chi connectivity index (χ4v) is 3.65. The van der Waals surface area contributed by atoms with Gasteiger partial charge in [-0.1, -0.05) is 29.3 Å². The minimum Gasteiger partial charge on any atom is -0.497 e. The minimum absolute atomic E-state index is 0.262. The molecule has 3 aromatic rings. The lowest BCUT2D eigenvalue weighted by molar-refractivity contribution is -0.113. The lowest BCUT2D eigenvalue weighted by Gasteiger charge is -2.19. The van der Waals surface area contributed by atoms with Crippen LogP contribution < -0.4 is 14.4 Å². The van der Waals surface area contributed by atoms with E-state index in [-0.39, 0.29) is 11.6 Å². The maximum absolute atomic E-state index is 13.4. The first kappa shape index (κ1) is 21.0. The van der Waals surface area contributed by atoms with Crippen LogP contribution in [-0.2, 0) is 4.79 Å². The van der Waals surface area contributed by atoms with Crippen LogP contribution >= 0.6 is 23.2 Å². The Labute approximate surface area is 190 Å². The van der Waals surface area contributed by atoms with Crippen LogP contribution in [0.3, 0.4) is 0 Å². The Morgan fingerprint density at radius 2 is 1.48 bits per heavy atom. The maximum atomic E-state index is 13.4. The van der Waals surface area contributed by atoms with E-state index in [0.29, 0.717) is 38.6 Å². The van der Waals surface area contributed by atoms with Gasteiger partial charge in [0.2, 0.25) is 0 Å². The molecule has 0 radical (unpaired) electrons. The number of methoxy groups -OCH3 is 2. The average Bonchev–Trinajstić information content (AvgIpc) is 3.11. The molecule has 5 nitrogen and oxygen atoms in total. The van der Waals surface area contributed by atoms with Crippen LogP contribution in [0, 0.1) is 0 Å². The van der Waals surface area contributed by atoms with Crippen molar-refractivity contribution in [2.75, 3.05) is 19.1 Å². The van der Waals surface area contributed by atoms with E-state index in [0.717, 1.165) is 5.56 Å². The van der Waals surface area contributed by atoms with E-state index in [2.05, 4.69) is 4.99 Å². The monoisotopic (exact) mass is 452 g/mol. The van der Waals surface area contributed by atoms with E-state index in [4.69, 9.17) is 32.7 Å². The predicted molar refractivity (Wildman–Crippen MR) is 124 cm³/mol. The van der Waals surface area contributed by atoms with Gasteiger partial charge in [-0.05, 0) is 72.3 Å². The molecule has 0 saturated heterocycles. The SMILES string of the molecule is COc1ccc(C2=N/C(=C/c3ccc(Cl)cc3Cl)C(=O)N2c2ccc(OC)cc2)cc1. The second-order valence-electron chi connectivity index (χ2n) is 6.70. The first-order valence-electron chi connectivity index (χ1n) is 9.38. The molecule has 156 valence electrons. The Hall–Kier alpha value is -3.28. The molecule has 1 aliphatic heterocycles. The van der Waals surface area contributed by atoms with Crippen molar-refractivity contribution in [3.8, 4) is 11.5 Å². The van der Waals surface area contributed by atoms with Crippen LogP contribution in [0.1, 0.15) is 11.1 Å². The molecule has 0 N–H and O–H groups in total. The summed E-state index contributed by atoms with van der Waals surface area (Å²) in [7, 11) is 3.20. The first-order chi connectivity index (χ1) is 15.0. The van der Waals surface area contributed by atoms with Gasteiger partial charge >= 0.3 is 0 Å². The van der Waals surface area contributed by atoms with Crippen LogP contribution in [0.2, 0.25) is 10.0 Å². The Bertz CT molecular complexity index is 1190. The molecule has 0 unspecified atom stereocenters. The van der Waals surface area contributed by atoms with Gasteiger partial charge in [0, 0.05) is 15.6 Å². The van der Waals surface area contributed by atoms with Crippen LogP contribution in [0.4, 0.5) is 5.69 Å². The molecule has 4 rings (SSSR count). The van der Waals surface area contributed by atoms with Gasteiger partial charge in [0.15, 0.2) is 0 Å². The van der Waals surface area contributed by atoms with Crippen molar-refractivity contribution in [1.29, 1.82) is 0 Å². The highest BCUT2D eigenvalue weighted by molar-refractivity contribution is 6.36. The van der Waals surface area contributed by atoms with Crippen LogP contribution in [0.25, 0.3) is 6.08 Å². The number of benzene rings is 3. The number of nitrogens with zero attached hydrogens (tertiary/aromatic N) is 2. The zero-order valence-electron chi connectivity index (χ0n) is 16.8. The van der Waals surface area contributed by atoms with E-state index in [1.54, 1.807) is 55.5 Å². The summed E-state index contributed by atoms with van der Waals surface area (Å²) in [6.45, 7) is 0. The highest BCUT2D eigenvalue weighted by atomic mass is 35.5. The van der Waals surface area contributed by atoms with E-state index in [1.165, 1.54) is 0 Å². The van der Waals surface area contributed by atoms with Gasteiger partial charge in [0.05, 0.1) is 19.9 Å². The van der Waals surface area contributed by atoms with Gasteiger partial charge in [-0.3, -0.25) is 9.69 Å². The zero-order valence-corrected chi connectivity index (χ0v) is 18.3. The summed E-state index contributed by atoms with van der Waals surface area (Å²) in [5.74, 6) is 1.66. The molecule has 1 heterocycles. The molecule has 0 spiro atoms. The number of ether oxygens (including phenoxy) is 2. The molecule has 0 aliphatic carbocycles. The Morgan fingerprint density at radius 3 is 2.06 bits per heavy atom. The molecule has 3 aromatic carbocycles. The second-order valence-corrected chi connectivity index (χ2v) is 7.54. The second kappa shape index (κ2) is 8.84. The van der Waals surface area contributed by atoms with Gasteiger partial charge in [-0.25, -0.2) is 4.99 Å². The molecule has 0 aromatic heterocycles. The third-order valence-electron chi connectivity index (χ3n) is 4.79. The first-order valence-corrected chi connectivity index (χ1v) is 10.1. The fraction of sp³-hybridized carbons (Fsp3) is 0.0833. The number of carbonyl (C=O) groups is 1. The number of anilines is 1. The van der Waals surface area contributed by atoms with Crippen molar-refractivity contribution in [2.45, 2.75) is 0 Å². The van der Waals surface area contributed by atoms with E-state index >= 15 is 0 Å². The Balaban J connectivity index is 1.81. The number of carbonyl (C=O) groups excluding carboxylic acids is 1. The van der Waals surface area contributed by atoms with Crippen molar-refractivity contribution < 1.29 is 14.3 Å². The number of amidine groups is 1. The average molecular weight is 453 g/mol. The number of hydrogen-bond acceptors (Lipinski definition) is 4. The van der Waals surface area contributed by atoms with Gasteiger partial charge in [-0.15, -0.1) is 0 Å². The number of rotatable bonds is 5. The largest absolute Gasteiger partial charge is 0.497 e. The third kappa shape index (κ3) is 4.29. The fourth-order valence-electron chi connectivity index (χ4n) is 3.19. The van der Waals surface area contributed by atoms with Gasteiger partial charge in [-0.2, -0.15) is 0 Å². The predicted octanol–water partition coefficient (Wildman–Crippen LogP) is 5.85. The number of hydrogen-bond donors (Lipinski definition) is 0. The summed E-state index contributed by atoms with van der Waals surface area (Å²) in [4.78, 5) is 19.6. The molecule has 1 amide bonds. The topological polar surface area (TPSA) is 51.1 Å². The van der Waals surface area contributed by atoms with Crippen molar-refractivity contribution in [1.82, 2.24) is 0 Å². The summed E-state index contributed by atoms with van der Waals surface area (Å²) < 4.78 is 10.5. The number of aliphatic imine (C=N–C) groups is 1. The molecule has 0 saturated carbocycles. The van der Waals surface area contributed by atoms with Gasteiger partial charge in [0.1, 0.15) is 23.0 Å². The van der Waals surface area contributed by atoms with E-state index in [9.17, 15) is 4.79 Å².